The molecule has 0 fully saturated rings. The smallest absolute Gasteiger partial charge is 0.119 e. The first-order valence-corrected chi connectivity index (χ1v) is 8.03. The van der Waals surface area contributed by atoms with E-state index >= 15 is 0 Å². The standard InChI is InChI=1S/C18H27N3O2/c1-14-5-7-17(8-6-14)23-12-10-20(4)13-18-15(2)19-21(9-11-22)16(18)3/h5-8,22H,9-13H2,1-4H3. The third-order valence-corrected chi connectivity index (χ3v) is 4.03. The van der Waals surface area contributed by atoms with Gasteiger partial charge < -0.3 is 9.84 Å². The van der Waals surface area contributed by atoms with Gasteiger partial charge in [0.25, 0.3) is 0 Å². The maximum absolute atomic E-state index is 9.08. The maximum atomic E-state index is 9.08. The molecule has 1 aromatic heterocycles. The average molecular weight is 317 g/mol. The Morgan fingerprint density at radius 1 is 1.17 bits per heavy atom. The molecule has 0 spiro atoms. The zero-order chi connectivity index (χ0) is 16.8. The number of aliphatic hydroxyl groups excluding tert-OH is 1. The number of hydrogen-bond acceptors (Lipinski definition) is 4. The summed E-state index contributed by atoms with van der Waals surface area (Å²) < 4.78 is 7.65. The predicted octanol–water partition coefficient (Wildman–Crippen LogP) is 2.31. The molecule has 0 amide bonds. The van der Waals surface area contributed by atoms with Gasteiger partial charge in [-0.3, -0.25) is 9.58 Å². The third-order valence-electron chi connectivity index (χ3n) is 4.03. The van der Waals surface area contributed by atoms with E-state index in [2.05, 4.69) is 43.0 Å². The summed E-state index contributed by atoms with van der Waals surface area (Å²) in [5.74, 6) is 0.909. The van der Waals surface area contributed by atoms with Crippen molar-refractivity contribution in [3.63, 3.8) is 0 Å². The van der Waals surface area contributed by atoms with Gasteiger partial charge in [-0.2, -0.15) is 5.10 Å². The van der Waals surface area contributed by atoms with Gasteiger partial charge in [-0.05, 0) is 40.0 Å². The molecule has 0 aliphatic rings. The maximum Gasteiger partial charge on any atom is 0.119 e. The molecule has 2 aromatic rings. The number of likely N-dealkylation sites (N-methyl/N-ethyl adjacent to an activating group) is 1. The second kappa shape index (κ2) is 8.13. The fourth-order valence-electron chi connectivity index (χ4n) is 2.58. The van der Waals surface area contributed by atoms with E-state index in [9.17, 15) is 0 Å². The number of aryl methyl sites for hydroxylation is 2. The van der Waals surface area contributed by atoms with Gasteiger partial charge in [0.05, 0.1) is 18.8 Å². The fourth-order valence-corrected chi connectivity index (χ4v) is 2.58. The first-order valence-electron chi connectivity index (χ1n) is 8.03. The number of aromatic nitrogens is 2. The van der Waals surface area contributed by atoms with Gasteiger partial charge in [-0.1, -0.05) is 17.7 Å². The number of aliphatic hydroxyl groups is 1. The SMILES string of the molecule is Cc1ccc(OCCN(C)Cc2c(C)nn(CCO)c2C)cc1. The first-order chi connectivity index (χ1) is 11.0. The van der Waals surface area contributed by atoms with Crippen molar-refractivity contribution in [2.75, 3.05) is 26.8 Å². The van der Waals surface area contributed by atoms with Crippen molar-refractivity contribution in [2.45, 2.75) is 33.9 Å². The summed E-state index contributed by atoms with van der Waals surface area (Å²) in [5.41, 5.74) is 4.63. The molecule has 0 aliphatic heterocycles. The Bertz CT molecular complexity index is 620. The predicted molar refractivity (Wildman–Crippen MR) is 91.8 cm³/mol. The van der Waals surface area contributed by atoms with Crippen LogP contribution in [-0.2, 0) is 13.1 Å². The highest BCUT2D eigenvalue weighted by Crippen LogP contribution is 2.15. The zero-order valence-electron chi connectivity index (χ0n) is 14.5. The van der Waals surface area contributed by atoms with Gasteiger partial charge >= 0.3 is 0 Å². The molecule has 1 heterocycles. The highest BCUT2D eigenvalue weighted by atomic mass is 16.5. The molecule has 0 radical (unpaired) electrons. The van der Waals surface area contributed by atoms with Crippen molar-refractivity contribution in [2.24, 2.45) is 0 Å². The topological polar surface area (TPSA) is 50.5 Å². The molecular formula is C18H27N3O2. The summed E-state index contributed by atoms with van der Waals surface area (Å²) in [7, 11) is 2.08. The monoisotopic (exact) mass is 317 g/mol. The van der Waals surface area contributed by atoms with Crippen molar-refractivity contribution in [3.8, 4) is 5.75 Å². The Morgan fingerprint density at radius 2 is 1.87 bits per heavy atom. The molecule has 5 heteroatoms. The van der Waals surface area contributed by atoms with E-state index in [-0.39, 0.29) is 6.61 Å². The van der Waals surface area contributed by atoms with Gasteiger partial charge in [0, 0.05) is 24.3 Å². The van der Waals surface area contributed by atoms with Crippen LogP contribution in [0.4, 0.5) is 0 Å². The molecule has 0 saturated carbocycles. The molecule has 1 aromatic carbocycles. The summed E-state index contributed by atoms with van der Waals surface area (Å²) in [6.07, 6.45) is 0. The normalized spacial score (nSPS) is 11.2. The molecule has 2 rings (SSSR count). The lowest BCUT2D eigenvalue weighted by molar-refractivity contribution is 0.232. The lowest BCUT2D eigenvalue weighted by Crippen LogP contribution is -2.24. The van der Waals surface area contributed by atoms with Crippen LogP contribution in [0.5, 0.6) is 5.75 Å². The van der Waals surface area contributed by atoms with Crippen molar-refractivity contribution in [1.82, 2.24) is 14.7 Å². The van der Waals surface area contributed by atoms with Gasteiger partial charge in [-0.25, -0.2) is 0 Å². The molecule has 5 nitrogen and oxygen atoms in total. The molecule has 0 unspecified atom stereocenters. The minimum atomic E-state index is 0.113. The number of benzene rings is 1. The molecule has 0 aliphatic carbocycles. The second-order valence-corrected chi connectivity index (χ2v) is 6.00. The van der Waals surface area contributed by atoms with Crippen LogP contribution >= 0.6 is 0 Å². The van der Waals surface area contributed by atoms with Crippen LogP contribution < -0.4 is 4.74 Å². The lowest BCUT2D eigenvalue weighted by Gasteiger charge is -2.17. The quantitative estimate of drug-likeness (QED) is 0.812. The van der Waals surface area contributed by atoms with E-state index in [1.54, 1.807) is 0 Å². The van der Waals surface area contributed by atoms with Gasteiger partial charge in [0.15, 0.2) is 0 Å². The summed E-state index contributed by atoms with van der Waals surface area (Å²) in [4.78, 5) is 2.23. The molecule has 0 atom stereocenters. The van der Waals surface area contributed by atoms with Crippen LogP contribution in [0, 0.1) is 20.8 Å². The molecule has 0 bridgehead atoms. The Kier molecular flexibility index (Phi) is 6.19. The summed E-state index contributed by atoms with van der Waals surface area (Å²) >= 11 is 0. The Balaban J connectivity index is 1.85. The van der Waals surface area contributed by atoms with E-state index in [1.807, 2.05) is 23.7 Å². The van der Waals surface area contributed by atoms with Crippen molar-refractivity contribution in [1.29, 1.82) is 0 Å². The highest BCUT2D eigenvalue weighted by Gasteiger charge is 2.13. The van der Waals surface area contributed by atoms with Crippen molar-refractivity contribution < 1.29 is 9.84 Å². The average Bonchev–Trinajstić information content (AvgIpc) is 2.77. The first kappa shape index (κ1) is 17.5. The lowest BCUT2D eigenvalue weighted by atomic mass is 10.2. The molecule has 1 N–H and O–H groups in total. The molecule has 126 valence electrons. The van der Waals surface area contributed by atoms with Gasteiger partial charge in [0.2, 0.25) is 0 Å². The van der Waals surface area contributed by atoms with E-state index in [4.69, 9.17) is 9.84 Å². The Labute approximate surface area is 138 Å². The minimum Gasteiger partial charge on any atom is -0.492 e. The highest BCUT2D eigenvalue weighted by molar-refractivity contribution is 5.26. The van der Waals surface area contributed by atoms with E-state index in [0.29, 0.717) is 13.2 Å². The third kappa shape index (κ3) is 4.81. The summed E-state index contributed by atoms with van der Waals surface area (Å²) in [5, 5.41) is 13.6. The molecule has 23 heavy (non-hydrogen) atoms. The van der Waals surface area contributed by atoms with E-state index < -0.39 is 0 Å². The molecular weight excluding hydrogens is 290 g/mol. The Morgan fingerprint density at radius 3 is 2.52 bits per heavy atom. The van der Waals surface area contributed by atoms with Crippen LogP contribution in [-0.4, -0.2) is 46.6 Å². The van der Waals surface area contributed by atoms with Crippen LogP contribution in [0.1, 0.15) is 22.5 Å². The fraction of sp³-hybridized carbons (Fsp3) is 0.500. The van der Waals surface area contributed by atoms with Crippen LogP contribution in [0.25, 0.3) is 0 Å². The number of hydrogen-bond donors (Lipinski definition) is 1. The van der Waals surface area contributed by atoms with Crippen molar-refractivity contribution >= 4 is 0 Å². The second-order valence-electron chi connectivity index (χ2n) is 6.00. The zero-order valence-corrected chi connectivity index (χ0v) is 14.5. The number of rotatable bonds is 8. The molecule has 0 saturated heterocycles. The van der Waals surface area contributed by atoms with Crippen LogP contribution in [0.3, 0.4) is 0 Å². The van der Waals surface area contributed by atoms with Crippen molar-refractivity contribution in [3.05, 3.63) is 46.8 Å². The van der Waals surface area contributed by atoms with Crippen LogP contribution in [0.2, 0.25) is 0 Å². The largest absolute Gasteiger partial charge is 0.492 e. The number of nitrogens with zero attached hydrogens (tertiary/aromatic N) is 3. The van der Waals surface area contributed by atoms with E-state index in [0.717, 1.165) is 30.2 Å². The Hall–Kier alpha value is -1.85. The summed E-state index contributed by atoms with van der Waals surface area (Å²) in [6.45, 7) is 9.14. The van der Waals surface area contributed by atoms with Gasteiger partial charge in [0.1, 0.15) is 12.4 Å². The van der Waals surface area contributed by atoms with E-state index in [1.165, 1.54) is 11.1 Å². The van der Waals surface area contributed by atoms with Crippen LogP contribution in [0.15, 0.2) is 24.3 Å². The van der Waals surface area contributed by atoms with Gasteiger partial charge in [-0.15, -0.1) is 0 Å². The minimum absolute atomic E-state index is 0.113. The number of ether oxygens (including phenoxy) is 1. The summed E-state index contributed by atoms with van der Waals surface area (Å²) in [6, 6.07) is 8.12.